The number of carbonyl (C=O) groups excluding carboxylic acids is 3. The molecule has 3 aromatic carbocycles. The Bertz CT molecular complexity index is 1490. The van der Waals surface area contributed by atoms with Crippen LogP contribution in [0.4, 0.5) is 39.8 Å². The Labute approximate surface area is 259 Å². The largest absolute Gasteiger partial charge is 0.488 e. The van der Waals surface area contributed by atoms with E-state index in [1.807, 2.05) is 13.0 Å². The molecular formula is C32H36F3N5O5. The highest BCUT2D eigenvalue weighted by Crippen LogP contribution is 2.31. The van der Waals surface area contributed by atoms with Gasteiger partial charge < -0.3 is 35.6 Å². The van der Waals surface area contributed by atoms with Crippen LogP contribution in [-0.2, 0) is 17.4 Å². The van der Waals surface area contributed by atoms with Crippen molar-refractivity contribution in [1.29, 1.82) is 0 Å². The summed E-state index contributed by atoms with van der Waals surface area (Å²) in [4.78, 5) is 41.9. The lowest BCUT2D eigenvalue weighted by Gasteiger charge is -2.34. The van der Waals surface area contributed by atoms with Gasteiger partial charge in [-0.3, -0.25) is 4.79 Å². The number of urea groups is 2. The van der Waals surface area contributed by atoms with Crippen LogP contribution in [-0.4, -0.2) is 71.8 Å². The third-order valence-electron chi connectivity index (χ3n) is 7.47. The molecule has 1 aliphatic heterocycles. The number of nitrogens with zero attached hydrogens (tertiary/aromatic N) is 2. The van der Waals surface area contributed by atoms with E-state index in [-0.39, 0.29) is 43.6 Å². The normalized spacial score (nSPS) is 17.5. The van der Waals surface area contributed by atoms with E-state index in [1.54, 1.807) is 54.3 Å². The first-order chi connectivity index (χ1) is 21.3. The van der Waals surface area contributed by atoms with Gasteiger partial charge in [0.2, 0.25) is 5.91 Å². The predicted molar refractivity (Wildman–Crippen MR) is 164 cm³/mol. The molecule has 0 fully saturated rings. The minimum absolute atomic E-state index is 0.0564. The number of alkyl halides is 3. The smallest absolute Gasteiger partial charge is 0.416 e. The second kappa shape index (κ2) is 14.3. The summed E-state index contributed by atoms with van der Waals surface area (Å²) in [5, 5.41) is 18.0. The zero-order chi connectivity index (χ0) is 32.7. The number of carbonyl (C=O) groups is 3. The van der Waals surface area contributed by atoms with E-state index in [0.717, 1.165) is 12.1 Å². The zero-order valence-corrected chi connectivity index (χ0v) is 25.1. The molecule has 240 valence electrons. The first kappa shape index (κ1) is 33.1. The number of nitrogens with one attached hydrogen (secondary N) is 3. The predicted octanol–water partition coefficient (Wildman–Crippen LogP) is 5.66. The number of para-hydroxylation sites is 1. The molecule has 0 bridgehead atoms. The maximum absolute atomic E-state index is 13.4. The van der Waals surface area contributed by atoms with Crippen LogP contribution in [0.25, 0.3) is 0 Å². The highest BCUT2D eigenvalue weighted by atomic mass is 19.4. The van der Waals surface area contributed by atoms with Crippen molar-refractivity contribution in [3.8, 4) is 5.75 Å². The molecular weight excluding hydrogens is 591 g/mol. The van der Waals surface area contributed by atoms with E-state index in [1.165, 1.54) is 24.1 Å². The number of benzene rings is 3. The fourth-order valence-electron chi connectivity index (χ4n) is 4.85. The van der Waals surface area contributed by atoms with E-state index < -0.39 is 35.9 Å². The minimum atomic E-state index is -4.49. The fourth-order valence-corrected chi connectivity index (χ4v) is 4.85. The van der Waals surface area contributed by atoms with Crippen molar-refractivity contribution in [2.75, 3.05) is 42.7 Å². The molecule has 45 heavy (non-hydrogen) atoms. The van der Waals surface area contributed by atoms with E-state index in [9.17, 15) is 32.7 Å². The number of halogens is 3. The van der Waals surface area contributed by atoms with Crippen molar-refractivity contribution < 1.29 is 37.4 Å². The van der Waals surface area contributed by atoms with Gasteiger partial charge in [0.15, 0.2) is 0 Å². The molecule has 3 atom stereocenters. The first-order valence-corrected chi connectivity index (χ1v) is 14.4. The highest BCUT2D eigenvalue weighted by molar-refractivity contribution is 6.00. The van der Waals surface area contributed by atoms with Gasteiger partial charge >= 0.3 is 18.2 Å². The Hall–Kier alpha value is -4.78. The molecule has 1 aliphatic rings. The average molecular weight is 628 g/mol. The Kier molecular flexibility index (Phi) is 10.6. The summed E-state index contributed by atoms with van der Waals surface area (Å²) in [5.41, 5.74) is 0.902. The topological polar surface area (TPSA) is 123 Å². The van der Waals surface area contributed by atoms with Gasteiger partial charge in [-0.15, -0.1) is 0 Å². The van der Waals surface area contributed by atoms with Crippen LogP contribution in [0.2, 0.25) is 0 Å². The molecule has 4 N–H and O–H groups in total. The van der Waals surface area contributed by atoms with Crippen molar-refractivity contribution in [3.05, 3.63) is 83.9 Å². The molecule has 5 amide bonds. The average Bonchev–Trinajstić information content (AvgIpc) is 3.04. The number of anilines is 3. The Balaban J connectivity index is 1.53. The zero-order valence-electron chi connectivity index (χ0n) is 25.1. The number of amides is 5. The van der Waals surface area contributed by atoms with Crippen molar-refractivity contribution in [3.63, 3.8) is 0 Å². The quantitative estimate of drug-likeness (QED) is 0.269. The number of likely N-dealkylation sites (N-methyl/N-ethyl adjacent to an activating group) is 1. The highest BCUT2D eigenvalue weighted by Gasteiger charge is 2.32. The summed E-state index contributed by atoms with van der Waals surface area (Å²) in [6.07, 6.45) is -5.17. The first-order valence-electron chi connectivity index (χ1n) is 14.4. The summed E-state index contributed by atoms with van der Waals surface area (Å²) >= 11 is 0. The summed E-state index contributed by atoms with van der Waals surface area (Å²) < 4.78 is 45.2. The van der Waals surface area contributed by atoms with Crippen LogP contribution in [0.5, 0.6) is 5.75 Å². The molecule has 13 heteroatoms. The van der Waals surface area contributed by atoms with Crippen molar-refractivity contribution in [1.82, 2.24) is 9.80 Å². The number of aliphatic hydroxyl groups excluding tert-OH is 1. The third kappa shape index (κ3) is 8.88. The number of aliphatic hydroxyl groups is 1. The Morgan fingerprint density at radius 2 is 1.62 bits per heavy atom. The van der Waals surface area contributed by atoms with E-state index in [4.69, 9.17) is 4.74 Å². The van der Waals surface area contributed by atoms with Crippen LogP contribution in [0.3, 0.4) is 0 Å². The van der Waals surface area contributed by atoms with E-state index >= 15 is 0 Å². The molecule has 1 heterocycles. The molecule has 0 aromatic heterocycles. The van der Waals surface area contributed by atoms with Gasteiger partial charge in [-0.1, -0.05) is 25.1 Å². The van der Waals surface area contributed by atoms with Crippen molar-refractivity contribution >= 4 is 35.0 Å². The van der Waals surface area contributed by atoms with Crippen LogP contribution in [0, 0.1) is 5.92 Å². The van der Waals surface area contributed by atoms with Crippen LogP contribution >= 0.6 is 0 Å². The second-order valence-electron chi connectivity index (χ2n) is 11.0. The molecule has 3 aromatic rings. The van der Waals surface area contributed by atoms with Gasteiger partial charge in [0.25, 0.3) is 0 Å². The van der Waals surface area contributed by atoms with E-state index in [0.29, 0.717) is 22.7 Å². The minimum Gasteiger partial charge on any atom is -0.488 e. The lowest BCUT2D eigenvalue weighted by molar-refractivity contribution is -0.137. The van der Waals surface area contributed by atoms with Crippen LogP contribution in [0.1, 0.15) is 25.0 Å². The van der Waals surface area contributed by atoms with Gasteiger partial charge in [-0.25, -0.2) is 9.59 Å². The number of rotatable bonds is 7. The Morgan fingerprint density at radius 1 is 1.00 bits per heavy atom. The van der Waals surface area contributed by atoms with Gasteiger partial charge in [-0.05, 0) is 61.5 Å². The molecule has 4 rings (SSSR count). The molecule has 0 spiro atoms. The molecule has 0 aliphatic carbocycles. The maximum Gasteiger partial charge on any atom is 0.416 e. The van der Waals surface area contributed by atoms with Gasteiger partial charge in [0.1, 0.15) is 11.9 Å². The van der Waals surface area contributed by atoms with E-state index in [2.05, 4.69) is 16.0 Å². The van der Waals surface area contributed by atoms with Crippen LogP contribution < -0.4 is 20.7 Å². The van der Waals surface area contributed by atoms with Gasteiger partial charge in [0, 0.05) is 42.1 Å². The van der Waals surface area contributed by atoms with Crippen LogP contribution in [0.15, 0.2) is 72.8 Å². The lowest BCUT2D eigenvalue weighted by Crippen LogP contribution is -2.48. The molecule has 0 saturated heterocycles. The maximum atomic E-state index is 13.4. The third-order valence-corrected chi connectivity index (χ3v) is 7.47. The monoisotopic (exact) mass is 627 g/mol. The number of ether oxygens (including phenoxy) is 1. The SMILES string of the molecule is C[C@@H]1CN([C@@H](C)CO)C(=O)Cc2cc(NC(=O)Nc3ccccc3)ccc2O[C@H]1CN(C)C(=O)Nc1ccc(C(F)(F)F)cc1. The molecule has 10 nitrogen and oxygen atoms in total. The number of fused-ring (bicyclic) bond motifs is 1. The molecule has 0 radical (unpaired) electrons. The fraction of sp³-hybridized carbons (Fsp3) is 0.344. The summed E-state index contributed by atoms with van der Waals surface area (Å²) in [6, 6.07) is 16.4. The second-order valence-corrected chi connectivity index (χ2v) is 11.0. The molecule has 0 unspecified atom stereocenters. The summed E-state index contributed by atoms with van der Waals surface area (Å²) in [7, 11) is 1.53. The molecule has 0 saturated carbocycles. The van der Waals surface area contributed by atoms with Crippen molar-refractivity contribution in [2.24, 2.45) is 5.92 Å². The standard InChI is InChI=1S/C32H36F3N5O5/c1-20-17-40(21(2)19-41)29(42)16-22-15-26(37-30(43)36-24-7-5-4-6-8-24)13-14-27(22)45-28(20)18-39(3)31(44)38-25-11-9-23(10-12-25)32(33,34)35/h4-15,20-21,28,41H,16-19H2,1-3H3,(H,38,44)(H2,36,37,43)/t20-,21+,28+/m1/s1. The van der Waals surface area contributed by atoms with Gasteiger partial charge in [-0.2, -0.15) is 13.2 Å². The number of hydrogen-bond donors (Lipinski definition) is 4. The lowest BCUT2D eigenvalue weighted by atomic mass is 10.0. The van der Waals surface area contributed by atoms with Crippen molar-refractivity contribution in [2.45, 2.75) is 38.6 Å². The number of hydrogen-bond acceptors (Lipinski definition) is 5. The summed E-state index contributed by atoms with van der Waals surface area (Å²) in [5.74, 6) is -0.151. The Morgan fingerprint density at radius 3 is 2.27 bits per heavy atom. The summed E-state index contributed by atoms with van der Waals surface area (Å²) in [6.45, 7) is 3.65. The van der Waals surface area contributed by atoms with Gasteiger partial charge in [0.05, 0.1) is 31.2 Å².